The van der Waals surface area contributed by atoms with Gasteiger partial charge in [0.05, 0.1) is 6.54 Å². The molecule has 0 atom stereocenters. The van der Waals surface area contributed by atoms with E-state index in [0.29, 0.717) is 5.69 Å². The number of imide groups is 1. The molecule has 0 bridgehead atoms. The Bertz CT molecular complexity index is 1020. The molecule has 1 aliphatic heterocycles. The lowest BCUT2D eigenvalue weighted by Gasteiger charge is -2.11. The van der Waals surface area contributed by atoms with Crippen LogP contribution in [0.1, 0.15) is 11.3 Å². The van der Waals surface area contributed by atoms with Gasteiger partial charge in [0.25, 0.3) is 5.91 Å². The van der Waals surface area contributed by atoms with Crippen molar-refractivity contribution in [3.05, 3.63) is 95.7 Å². The minimum Gasteiger partial charge on any atom is -0.317 e. The number of carbonyl (C=O) groups is 2. The summed E-state index contributed by atoms with van der Waals surface area (Å²) < 4.78 is 15.0. The standard InChI is InChI=1S/C21H16FN3O2/c22-16-8-10-17(11-9-16)24-12-4-7-18(24)13-19-20(26)25(21(27)23-19)14-15-5-2-1-3-6-15/h1-13H,14H2,(H,23,27)/b19-13+. The van der Waals surface area contributed by atoms with Crippen LogP contribution in [0.3, 0.4) is 0 Å². The molecule has 4 rings (SSSR count). The predicted octanol–water partition coefficient (Wildman–Crippen LogP) is 3.71. The van der Waals surface area contributed by atoms with Crippen LogP contribution in [0.25, 0.3) is 11.8 Å². The van der Waals surface area contributed by atoms with Crippen molar-refractivity contribution in [2.75, 3.05) is 0 Å². The molecule has 27 heavy (non-hydrogen) atoms. The predicted molar refractivity (Wildman–Crippen MR) is 99.2 cm³/mol. The molecule has 1 aromatic heterocycles. The van der Waals surface area contributed by atoms with Gasteiger partial charge in [-0.15, -0.1) is 0 Å². The molecule has 3 aromatic rings. The fourth-order valence-corrected chi connectivity index (χ4v) is 2.98. The maximum absolute atomic E-state index is 13.2. The lowest BCUT2D eigenvalue weighted by atomic mass is 10.2. The lowest BCUT2D eigenvalue weighted by molar-refractivity contribution is -0.123. The number of urea groups is 1. The Morgan fingerprint density at radius 3 is 2.41 bits per heavy atom. The molecular weight excluding hydrogens is 345 g/mol. The van der Waals surface area contributed by atoms with Crippen molar-refractivity contribution < 1.29 is 14.0 Å². The van der Waals surface area contributed by atoms with E-state index in [-0.39, 0.29) is 24.0 Å². The van der Waals surface area contributed by atoms with E-state index in [1.807, 2.05) is 53.2 Å². The zero-order valence-electron chi connectivity index (χ0n) is 14.3. The van der Waals surface area contributed by atoms with Crippen LogP contribution >= 0.6 is 0 Å². The highest BCUT2D eigenvalue weighted by molar-refractivity contribution is 6.13. The highest BCUT2D eigenvalue weighted by Crippen LogP contribution is 2.20. The van der Waals surface area contributed by atoms with E-state index in [9.17, 15) is 14.0 Å². The Morgan fingerprint density at radius 1 is 0.926 bits per heavy atom. The third-order valence-corrected chi connectivity index (χ3v) is 4.32. The van der Waals surface area contributed by atoms with Gasteiger partial charge in [-0.25, -0.2) is 9.18 Å². The number of carbonyl (C=O) groups excluding carboxylic acids is 2. The molecule has 0 saturated carbocycles. The maximum atomic E-state index is 13.2. The van der Waals surface area contributed by atoms with Gasteiger partial charge in [-0.2, -0.15) is 0 Å². The first kappa shape index (κ1) is 16.8. The van der Waals surface area contributed by atoms with Gasteiger partial charge in [0.2, 0.25) is 0 Å². The zero-order chi connectivity index (χ0) is 18.8. The molecule has 1 saturated heterocycles. The third-order valence-electron chi connectivity index (χ3n) is 4.32. The van der Waals surface area contributed by atoms with Crippen LogP contribution in [0.4, 0.5) is 9.18 Å². The Labute approximate surface area is 155 Å². The number of hydrogen-bond acceptors (Lipinski definition) is 2. The van der Waals surface area contributed by atoms with Crippen molar-refractivity contribution in [3.63, 3.8) is 0 Å². The van der Waals surface area contributed by atoms with Gasteiger partial charge in [0.15, 0.2) is 0 Å². The second kappa shape index (κ2) is 6.92. The minimum atomic E-state index is -0.449. The largest absolute Gasteiger partial charge is 0.329 e. The van der Waals surface area contributed by atoms with E-state index in [0.717, 1.165) is 11.3 Å². The first-order valence-electron chi connectivity index (χ1n) is 8.43. The van der Waals surface area contributed by atoms with Crippen LogP contribution < -0.4 is 5.32 Å². The topological polar surface area (TPSA) is 54.3 Å². The Hall–Kier alpha value is -3.67. The van der Waals surface area contributed by atoms with E-state index < -0.39 is 6.03 Å². The quantitative estimate of drug-likeness (QED) is 0.569. The molecule has 6 heteroatoms. The van der Waals surface area contributed by atoms with Gasteiger partial charge in [-0.05, 0) is 48.0 Å². The average molecular weight is 361 g/mol. The van der Waals surface area contributed by atoms with Gasteiger partial charge in [0.1, 0.15) is 11.5 Å². The number of halogens is 1. The maximum Gasteiger partial charge on any atom is 0.329 e. The Balaban J connectivity index is 1.60. The van der Waals surface area contributed by atoms with Crippen LogP contribution in [0.5, 0.6) is 0 Å². The molecule has 1 aliphatic rings. The molecule has 0 aliphatic carbocycles. The lowest BCUT2D eigenvalue weighted by Crippen LogP contribution is -2.30. The van der Waals surface area contributed by atoms with Crippen molar-refractivity contribution in [2.24, 2.45) is 0 Å². The fraction of sp³-hybridized carbons (Fsp3) is 0.0476. The SMILES string of the molecule is O=C1N/C(=C/c2cccn2-c2ccc(F)cc2)C(=O)N1Cc1ccccc1. The van der Waals surface area contributed by atoms with Crippen LogP contribution in [0.2, 0.25) is 0 Å². The summed E-state index contributed by atoms with van der Waals surface area (Å²) in [6.07, 6.45) is 3.43. The summed E-state index contributed by atoms with van der Waals surface area (Å²) in [5.41, 5.74) is 2.54. The van der Waals surface area contributed by atoms with Gasteiger partial charge in [-0.3, -0.25) is 9.69 Å². The summed E-state index contributed by atoms with van der Waals surface area (Å²) in [6.45, 7) is 0.210. The molecule has 0 unspecified atom stereocenters. The molecule has 134 valence electrons. The van der Waals surface area contributed by atoms with Gasteiger partial charge in [0, 0.05) is 17.6 Å². The summed E-state index contributed by atoms with van der Waals surface area (Å²) in [4.78, 5) is 26.1. The van der Waals surface area contributed by atoms with Crippen LogP contribution in [0, 0.1) is 5.82 Å². The zero-order valence-corrected chi connectivity index (χ0v) is 14.3. The average Bonchev–Trinajstić information content (AvgIpc) is 3.24. The molecule has 2 heterocycles. The third kappa shape index (κ3) is 3.37. The number of hydrogen-bond donors (Lipinski definition) is 1. The highest BCUT2D eigenvalue weighted by Gasteiger charge is 2.33. The van der Waals surface area contributed by atoms with E-state index in [2.05, 4.69) is 5.32 Å². The van der Waals surface area contributed by atoms with E-state index in [1.165, 1.54) is 17.0 Å². The van der Waals surface area contributed by atoms with Crippen LogP contribution in [0.15, 0.2) is 78.6 Å². The number of nitrogens with one attached hydrogen (secondary N) is 1. The van der Waals surface area contributed by atoms with Crippen molar-refractivity contribution in [3.8, 4) is 5.69 Å². The van der Waals surface area contributed by atoms with E-state index >= 15 is 0 Å². The fourth-order valence-electron chi connectivity index (χ4n) is 2.98. The summed E-state index contributed by atoms with van der Waals surface area (Å²) in [6, 6.07) is 18.5. The number of rotatable bonds is 4. The first-order valence-corrected chi connectivity index (χ1v) is 8.43. The van der Waals surface area contributed by atoms with E-state index in [1.54, 1.807) is 18.2 Å². The van der Waals surface area contributed by atoms with Crippen LogP contribution in [-0.4, -0.2) is 21.4 Å². The second-order valence-electron chi connectivity index (χ2n) is 6.14. The minimum absolute atomic E-state index is 0.206. The molecule has 1 fully saturated rings. The second-order valence-corrected chi connectivity index (χ2v) is 6.14. The monoisotopic (exact) mass is 361 g/mol. The molecule has 3 amide bonds. The van der Waals surface area contributed by atoms with Crippen molar-refractivity contribution in [2.45, 2.75) is 6.54 Å². The molecule has 0 radical (unpaired) electrons. The number of benzene rings is 2. The Kier molecular flexibility index (Phi) is 4.30. The van der Waals surface area contributed by atoms with Gasteiger partial charge in [-0.1, -0.05) is 30.3 Å². The number of aromatic nitrogens is 1. The van der Waals surface area contributed by atoms with Crippen molar-refractivity contribution >= 4 is 18.0 Å². The smallest absolute Gasteiger partial charge is 0.317 e. The van der Waals surface area contributed by atoms with E-state index in [4.69, 9.17) is 0 Å². The number of amides is 3. The normalized spacial score (nSPS) is 15.4. The molecule has 2 aromatic carbocycles. The summed E-state index contributed by atoms with van der Waals surface area (Å²) in [5, 5.41) is 2.63. The summed E-state index contributed by atoms with van der Waals surface area (Å²) in [7, 11) is 0. The Morgan fingerprint density at radius 2 is 1.67 bits per heavy atom. The first-order chi connectivity index (χ1) is 13.1. The van der Waals surface area contributed by atoms with Crippen LogP contribution in [-0.2, 0) is 11.3 Å². The highest BCUT2D eigenvalue weighted by atomic mass is 19.1. The van der Waals surface area contributed by atoms with Gasteiger partial charge >= 0.3 is 6.03 Å². The van der Waals surface area contributed by atoms with Crippen molar-refractivity contribution in [1.82, 2.24) is 14.8 Å². The summed E-state index contributed by atoms with van der Waals surface area (Å²) >= 11 is 0. The van der Waals surface area contributed by atoms with Gasteiger partial charge < -0.3 is 9.88 Å². The number of nitrogens with zero attached hydrogens (tertiary/aromatic N) is 2. The molecule has 1 N–H and O–H groups in total. The molecular formula is C21H16FN3O2. The summed E-state index contributed by atoms with van der Waals surface area (Å²) in [5.74, 6) is -0.698. The molecule has 0 spiro atoms. The van der Waals surface area contributed by atoms with Crippen molar-refractivity contribution in [1.29, 1.82) is 0 Å². The molecule has 5 nitrogen and oxygen atoms in total.